The summed E-state index contributed by atoms with van der Waals surface area (Å²) in [7, 11) is 0. The molecule has 1 aromatic carbocycles. The normalized spacial score (nSPS) is 24.4. The predicted octanol–water partition coefficient (Wildman–Crippen LogP) is 4.92. The summed E-state index contributed by atoms with van der Waals surface area (Å²) in [6.07, 6.45) is 3.40. The lowest BCUT2D eigenvalue weighted by atomic mass is 9.75. The fourth-order valence-corrected chi connectivity index (χ4v) is 4.11. The Kier molecular flexibility index (Phi) is 5.49. The van der Waals surface area contributed by atoms with E-state index in [4.69, 9.17) is 9.15 Å². The van der Waals surface area contributed by atoms with E-state index in [2.05, 4.69) is 25.8 Å². The van der Waals surface area contributed by atoms with Gasteiger partial charge in [0, 0.05) is 0 Å². The summed E-state index contributed by atoms with van der Waals surface area (Å²) < 4.78 is 11.4. The lowest BCUT2D eigenvalue weighted by molar-refractivity contribution is -0.152. The minimum Gasteiger partial charge on any atom is -0.461 e. The number of benzene rings is 1. The second-order valence-electron chi connectivity index (χ2n) is 7.09. The van der Waals surface area contributed by atoms with Gasteiger partial charge >= 0.3 is 5.97 Å². The van der Waals surface area contributed by atoms with Gasteiger partial charge in [0.2, 0.25) is 0 Å². The zero-order valence-corrected chi connectivity index (χ0v) is 15.3. The Morgan fingerprint density at radius 2 is 2.17 bits per heavy atom. The van der Waals surface area contributed by atoms with Gasteiger partial charge in [0.1, 0.15) is 17.4 Å². The SMILES string of the molecule is CC(C)[C@@H]1CC[C@@H](C)C[C@@H]1OC(=O)CSc1nc2ccccc2o1. The molecule has 1 aliphatic rings. The molecule has 3 rings (SSSR count). The molecular formula is C19H25NO3S. The van der Waals surface area contributed by atoms with Crippen molar-refractivity contribution < 1.29 is 13.9 Å². The number of carbonyl (C=O) groups excluding carboxylic acids is 1. The molecule has 1 aliphatic carbocycles. The van der Waals surface area contributed by atoms with Crippen LogP contribution < -0.4 is 0 Å². The number of thioether (sulfide) groups is 1. The number of aromatic nitrogens is 1. The predicted molar refractivity (Wildman–Crippen MR) is 96.0 cm³/mol. The third kappa shape index (κ3) is 4.12. The Morgan fingerprint density at radius 1 is 1.38 bits per heavy atom. The number of oxazole rings is 1. The minimum atomic E-state index is -0.174. The molecule has 0 N–H and O–H groups in total. The first-order valence-electron chi connectivity index (χ1n) is 8.70. The van der Waals surface area contributed by atoms with Crippen LogP contribution in [0.15, 0.2) is 33.9 Å². The topological polar surface area (TPSA) is 52.3 Å². The first-order valence-corrected chi connectivity index (χ1v) is 9.69. The van der Waals surface area contributed by atoms with Crippen LogP contribution in [0.3, 0.4) is 0 Å². The van der Waals surface area contributed by atoms with Crippen LogP contribution >= 0.6 is 11.8 Å². The van der Waals surface area contributed by atoms with E-state index in [-0.39, 0.29) is 17.8 Å². The van der Waals surface area contributed by atoms with Crippen molar-refractivity contribution in [2.75, 3.05) is 5.75 Å². The highest BCUT2D eigenvalue weighted by Crippen LogP contribution is 2.35. The monoisotopic (exact) mass is 347 g/mol. The highest BCUT2D eigenvalue weighted by atomic mass is 32.2. The molecule has 4 nitrogen and oxygen atoms in total. The standard InChI is InChI=1S/C19H25NO3S/c1-12(2)14-9-8-13(3)10-17(14)22-18(21)11-24-19-20-15-6-4-5-7-16(15)23-19/h4-7,12-14,17H,8-11H2,1-3H3/t13-,14+,17+/m1/s1. The molecule has 1 aromatic heterocycles. The largest absolute Gasteiger partial charge is 0.461 e. The lowest BCUT2D eigenvalue weighted by Crippen LogP contribution is -2.36. The second kappa shape index (κ2) is 7.60. The van der Waals surface area contributed by atoms with Gasteiger partial charge in [0.25, 0.3) is 5.22 Å². The van der Waals surface area contributed by atoms with Crippen LogP contribution in [0.4, 0.5) is 0 Å². The molecular weight excluding hydrogens is 322 g/mol. The fraction of sp³-hybridized carbons (Fsp3) is 0.579. The van der Waals surface area contributed by atoms with Crippen LogP contribution in [-0.2, 0) is 9.53 Å². The van der Waals surface area contributed by atoms with Gasteiger partial charge in [-0.05, 0) is 42.7 Å². The number of carbonyl (C=O) groups is 1. The quantitative estimate of drug-likeness (QED) is 0.567. The van der Waals surface area contributed by atoms with E-state index in [0.29, 0.717) is 23.0 Å². The molecule has 2 aromatic rings. The molecule has 0 unspecified atom stereocenters. The number of hydrogen-bond donors (Lipinski definition) is 0. The molecule has 5 heteroatoms. The van der Waals surface area contributed by atoms with Gasteiger partial charge in [0.15, 0.2) is 5.58 Å². The summed E-state index contributed by atoms with van der Waals surface area (Å²) in [6, 6.07) is 7.61. The number of fused-ring (bicyclic) bond motifs is 1. The first kappa shape index (κ1) is 17.3. The van der Waals surface area contributed by atoms with E-state index in [1.54, 1.807) is 0 Å². The van der Waals surface area contributed by atoms with Gasteiger partial charge in [0.05, 0.1) is 0 Å². The van der Waals surface area contributed by atoms with Crippen molar-refractivity contribution in [1.29, 1.82) is 0 Å². The van der Waals surface area contributed by atoms with Crippen molar-refractivity contribution in [3.8, 4) is 0 Å². The Hall–Kier alpha value is -1.49. The molecule has 0 spiro atoms. The molecule has 24 heavy (non-hydrogen) atoms. The number of rotatable bonds is 5. The van der Waals surface area contributed by atoms with Gasteiger partial charge < -0.3 is 9.15 Å². The molecule has 0 aliphatic heterocycles. The fourth-order valence-electron chi connectivity index (χ4n) is 3.49. The van der Waals surface area contributed by atoms with Crippen molar-refractivity contribution in [3.05, 3.63) is 24.3 Å². The third-order valence-corrected chi connectivity index (χ3v) is 5.63. The van der Waals surface area contributed by atoms with E-state index in [9.17, 15) is 4.79 Å². The Labute approximate surface area is 147 Å². The van der Waals surface area contributed by atoms with Crippen LogP contribution in [0.25, 0.3) is 11.1 Å². The van der Waals surface area contributed by atoms with E-state index >= 15 is 0 Å². The summed E-state index contributed by atoms with van der Waals surface area (Å²) in [5.74, 6) is 1.71. The molecule has 0 radical (unpaired) electrons. The summed E-state index contributed by atoms with van der Waals surface area (Å²) in [4.78, 5) is 16.6. The summed E-state index contributed by atoms with van der Waals surface area (Å²) >= 11 is 1.30. The Balaban J connectivity index is 1.56. The maximum absolute atomic E-state index is 12.3. The van der Waals surface area contributed by atoms with Crippen LogP contribution in [0.5, 0.6) is 0 Å². The molecule has 3 atom stereocenters. The number of esters is 1. The van der Waals surface area contributed by atoms with E-state index in [0.717, 1.165) is 23.9 Å². The Morgan fingerprint density at radius 3 is 2.92 bits per heavy atom. The van der Waals surface area contributed by atoms with Crippen molar-refractivity contribution in [2.24, 2.45) is 17.8 Å². The second-order valence-corrected chi connectivity index (χ2v) is 8.02. The van der Waals surface area contributed by atoms with Crippen LogP contribution in [0, 0.1) is 17.8 Å². The maximum atomic E-state index is 12.3. The summed E-state index contributed by atoms with van der Waals surface area (Å²) in [6.45, 7) is 6.67. The van der Waals surface area contributed by atoms with Crippen molar-refractivity contribution in [1.82, 2.24) is 4.98 Å². The molecule has 0 bridgehead atoms. The van der Waals surface area contributed by atoms with Crippen molar-refractivity contribution in [3.63, 3.8) is 0 Å². The molecule has 0 amide bonds. The number of hydrogen-bond acceptors (Lipinski definition) is 5. The van der Waals surface area contributed by atoms with Gasteiger partial charge in [-0.1, -0.05) is 51.1 Å². The highest BCUT2D eigenvalue weighted by molar-refractivity contribution is 7.99. The first-order chi connectivity index (χ1) is 11.5. The maximum Gasteiger partial charge on any atom is 0.316 e. The number of nitrogens with zero attached hydrogens (tertiary/aromatic N) is 1. The van der Waals surface area contributed by atoms with Crippen molar-refractivity contribution in [2.45, 2.75) is 51.4 Å². The highest BCUT2D eigenvalue weighted by Gasteiger charge is 2.33. The van der Waals surface area contributed by atoms with Gasteiger partial charge in [-0.25, -0.2) is 4.98 Å². The average Bonchev–Trinajstić information content (AvgIpc) is 2.95. The molecule has 0 saturated heterocycles. The lowest BCUT2D eigenvalue weighted by Gasteiger charge is -2.36. The minimum absolute atomic E-state index is 0.0467. The van der Waals surface area contributed by atoms with Crippen LogP contribution in [0.2, 0.25) is 0 Å². The van der Waals surface area contributed by atoms with E-state index in [1.807, 2.05) is 24.3 Å². The molecule has 1 heterocycles. The summed E-state index contributed by atoms with van der Waals surface area (Å²) in [5.41, 5.74) is 1.56. The van der Waals surface area contributed by atoms with Gasteiger partial charge in [-0.15, -0.1) is 0 Å². The third-order valence-electron chi connectivity index (χ3n) is 4.83. The zero-order valence-electron chi connectivity index (χ0n) is 14.5. The molecule has 130 valence electrons. The smallest absolute Gasteiger partial charge is 0.316 e. The average molecular weight is 347 g/mol. The molecule has 1 saturated carbocycles. The molecule has 1 fully saturated rings. The summed E-state index contributed by atoms with van der Waals surface area (Å²) in [5, 5.41) is 0.519. The van der Waals surface area contributed by atoms with Gasteiger partial charge in [-0.3, -0.25) is 4.79 Å². The number of ether oxygens (including phenoxy) is 1. The van der Waals surface area contributed by atoms with Crippen LogP contribution in [-0.4, -0.2) is 22.8 Å². The number of para-hydroxylation sites is 2. The zero-order chi connectivity index (χ0) is 17.1. The van der Waals surface area contributed by atoms with Crippen molar-refractivity contribution >= 4 is 28.8 Å². The van der Waals surface area contributed by atoms with E-state index < -0.39 is 0 Å². The Bertz CT molecular complexity index is 664. The van der Waals surface area contributed by atoms with Gasteiger partial charge in [-0.2, -0.15) is 0 Å². The van der Waals surface area contributed by atoms with E-state index in [1.165, 1.54) is 18.2 Å². The van der Waals surface area contributed by atoms with Crippen LogP contribution in [0.1, 0.15) is 40.0 Å².